The summed E-state index contributed by atoms with van der Waals surface area (Å²) in [5.41, 5.74) is -0.768. The van der Waals surface area contributed by atoms with Gasteiger partial charge in [0.2, 0.25) is 0 Å². The van der Waals surface area contributed by atoms with Crippen LogP contribution >= 0.6 is 11.3 Å². The van der Waals surface area contributed by atoms with Crippen molar-refractivity contribution in [3.8, 4) is 0 Å². The molecule has 2 N–H and O–H groups in total. The van der Waals surface area contributed by atoms with E-state index in [1.807, 2.05) is 32.1 Å². The largest absolute Gasteiger partial charge is 0.444 e. The van der Waals surface area contributed by atoms with Crippen molar-refractivity contribution in [2.24, 2.45) is 0 Å². The maximum atomic E-state index is 12.2. The molecular weight excluding hydrogens is 308 g/mol. The Morgan fingerprint density at radius 2 is 1.87 bits per heavy atom. The van der Waals surface area contributed by atoms with E-state index < -0.39 is 5.60 Å². The van der Waals surface area contributed by atoms with Crippen LogP contribution in [0.1, 0.15) is 70.2 Å². The van der Waals surface area contributed by atoms with Crippen molar-refractivity contribution in [3.05, 3.63) is 21.9 Å². The Balaban J connectivity index is 2.67. The number of nitrogens with one attached hydrogen (secondary N) is 2. The van der Waals surface area contributed by atoms with Crippen LogP contribution in [0.5, 0.6) is 0 Å². The molecule has 1 amide bonds. The van der Waals surface area contributed by atoms with E-state index in [0.29, 0.717) is 0 Å². The Morgan fingerprint density at radius 1 is 1.26 bits per heavy atom. The van der Waals surface area contributed by atoms with Gasteiger partial charge in [0.05, 0.1) is 5.54 Å². The molecule has 1 aromatic heterocycles. The zero-order valence-electron chi connectivity index (χ0n) is 15.6. The van der Waals surface area contributed by atoms with Crippen molar-refractivity contribution < 1.29 is 9.53 Å². The molecule has 0 aliphatic heterocycles. The van der Waals surface area contributed by atoms with Crippen LogP contribution < -0.4 is 10.6 Å². The fraction of sp³-hybridized carbons (Fsp3) is 0.722. The van der Waals surface area contributed by atoms with Gasteiger partial charge in [-0.15, -0.1) is 11.3 Å². The predicted molar refractivity (Wildman–Crippen MR) is 98.2 cm³/mol. The lowest BCUT2D eigenvalue weighted by atomic mass is 9.92. The zero-order valence-corrected chi connectivity index (χ0v) is 16.4. The third-order valence-corrected chi connectivity index (χ3v) is 5.24. The third kappa shape index (κ3) is 6.51. The van der Waals surface area contributed by atoms with E-state index in [4.69, 9.17) is 4.74 Å². The Hall–Kier alpha value is -1.07. The van der Waals surface area contributed by atoms with E-state index in [9.17, 15) is 4.79 Å². The average molecular weight is 341 g/mol. The number of amides is 1. The van der Waals surface area contributed by atoms with E-state index in [0.717, 1.165) is 19.4 Å². The average Bonchev–Trinajstić information content (AvgIpc) is 2.88. The summed E-state index contributed by atoms with van der Waals surface area (Å²) in [7, 11) is 0. The maximum absolute atomic E-state index is 12.2. The first-order valence-corrected chi connectivity index (χ1v) is 9.23. The first-order chi connectivity index (χ1) is 10.6. The number of alkyl carbamates (subject to hydrolysis) is 1. The number of aryl methyl sites for hydroxylation is 1. The van der Waals surface area contributed by atoms with Gasteiger partial charge in [0.15, 0.2) is 0 Å². The Labute approximate surface area is 145 Å². The monoisotopic (exact) mass is 340 g/mol. The van der Waals surface area contributed by atoms with Crippen LogP contribution in [0.4, 0.5) is 4.79 Å². The number of hydrogen-bond donors (Lipinski definition) is 2. The smallest absolute Gasteiger partial charge is 0.408 e. The highest BCUT2D eigenvalue weighted by Crippen LogP contribution is 2.24. The van der Waals surface area contributed by atoms with E-state index in [2.05, 4.69) is 50.5 Å². The predicted octanol–water partition coefficient (Wildman–Crippen LogP) is 4.79. The Bertz CT molecular complexity index is 501. The lowest BCUT2D eigenvalue weighted by Gasteiger charge is -2.35. The van der Waals surface area contributed by atoms with Crippen molar-refractivity contribution in [3.63, 3.8) is 0 Å². The number of rotatable bonds is 7. The topological polar surface area (TPSA) is 50.4 Å². The minimum Gasteiger partial charge on any atom is -0.444 e. The molecule has 0 aliphatic carbocycles. The molecule has 0 radical (unpaired) electrons. The molecule has 0 saturated carbocycles. The highest BCUT2D eigenvalue weighted by molar-refractivity contribution is 7.12. The van der Waals surface area contributed by atoms with Crippen molar-refractivity contribution in [1.82, 2.24) is 10.6 Å². The van der Waals surface area contributed by atoms with Crippen LogP contribution in [0.2, 0.25) is 0 Å². The molecule has 1 aromatic rings. The van der Waals surface area contributed by atoms with Crippen LogP contribution in [0.3, 0.4) is 0 Å². The molecule has 1 rings (SSSR count). The van der Waals surface area contributed by atoms with Gasteiger partial charge in [-0.05, 0) is 59.6 Å². The number of thiophene rings is 1. The normalized spacial score (nSPS) is 13.7. The second-order valence-electron chi connectivity index (χ2n) is 7.17. The van der Waals surface area contributed by atoms with Crippen LogP contribution in [0.25, 0.3) is 0 Å². The van der Waals surface area contributed by atoms with Gasteiger partial charge < -0.3 is 15.4 Å². The van der Waals surface area contributed by atoms with E-state index in [-0.39, 0.29) is 17.7 Å². The first-order valence-electron chi connectivity index (χ1n) is 8.41. The molecule has 1 unspecified atom stereocenters. The number of carbonyl (C=O) groups excluding carboxylic acids is 1. The maximum Gasteiger partial charge on any atom is 0.408 e. The molecule has 1 atom stereocenters. The number of carbonyl (C=O) groups is 1. The second kappa shape index (κ2) is 8.15. The van der Waals surface area contributed by atoms with Crippen molar-refractivity contribution >= 4 is 17.4 Å². The van der Waals surface area contributed by atoms with Gasteiger partial charge in [-0.2, -0.15) is 0 Å². The van der Waals surface area contributed by atoms with Crippen molar-refractivity contribution in [1.29, 1.82) is 0 Å². The highest BCUT2D eigenvalue weighted by atomic mass is 32.1. The van der Waals surface area contributed by atoms with Gasteiger partial charge in [0.1, 0.15) is 5.60 Å². The van der Waals surface area contributed by atoms with Gasteiger partial charge in [-0.25, -0.2) is 4.79 Å². The summed E-state index contributed by atoms with van der Waals surface area (Å²) in [5.74, 6) is 0. The molecule has 4 nitrogen and oxygen atoms in total. The summed E-state index contributed by atoms with van der Waals surface area (Å²) >= 11 is 1.81. The molecule has 0 bridgehead atoms. The highest BCUT2D eigenvalue weighted by Gasteiger charge is 2.30. The molecule has 132 valence electrons. The van der Waals surface area contributed by atoms with Gasteiger partial charge in [-0.3, -0.25) is 0 Å². The first kappa shape index (κ1) is 20.0. The number of hydrogen-bond acceptors (Lipinski definition) is 4. The molecular formula is C18H32N2O2S. The zero-order chi connectivity index (χ0) is 17.7. The summed E-state index contributed by atoms with van der Waals surface area (Å²) in [6, 6.07) is 4.58. The minimum absolute atomic E-state index is 0.270. The molecule has 0 spiro atoms. The lowest BCUT2D eigenvalue weighted by Crippen LogP contribution is -2.55. The summed E-state index contributed by atoms with van der Waals surface area (Å²) in [5, 5.41) is 6.64. The second-order valence-corrected chi connectivity index (χ2v) is 8.48. The molecule has 0 aliphatic rings. The van der Waals surface area contributed by atoms with Gasteiger partial charge in [0, 0.05) is 22.3 Å². The quantitative estimate of drug-likeness (QED) is 0.750. The fourth-order valence-corrected chi connectivity index (χ4v) is 3.28. The van der Waals surface area contributed by atoms with E-state index >= 15 is 0 Å². The lowest BCUT2D eigenvalue weighted by molar-refractivity contribution is 0.0444. The Kier molecular flexibility index (Phi) is 7.08. The number of ether oxygens (including phenoxy) is 1. The molecule has 5 heteroatoms. The summed E-state index contributed by atoms with van der Waals surface area (Å²) in [6.07, 6.45) is 1.36. The van der Waals surface area contributed by atoms with E-state index in [1.165, 1.54) is 9.75 Å². The molecule has 0 saturated heterocycles. The van der Waals surface area contributed by atoms with E-state index in [1.54, 1.807) is 0 Å². The minimum atomic E-state index is -0.480. The molecule has 0 aromatic carbocycles. The van der Waals surface area contributed by atoms with Gasteiger partial charge in [0.25, 0.3) is 0 Å². The van der Waals surface area contributed by atoms with Crippen LogP contribution in [0, 0.1) is 6.92 Å². The third-order valence-electron chi connectivity index (χ3n) is 4.05. The Morgan fingerprint density at radius 3 is 2.30 bits per heavy atom. The van der Waals surface area contributed by atoms with Crippen molar-refractivity contribution in [2.75, 3.05) is 6.54 Å². The fourth-order valence-electron chi connectivity index (χ4n) is 2.38. The van der Waals surface area contributed by atoms with Crippen LogP contribution in [-0.2, 0) is 4.74 Å². The summed E-state index contributed by atoms with van der Waals surface area (Å²) in [6.45, 7) is 14.8. The summed E-state index contributed by atoms with van der Waals surface area (Å²) in [4.78, 5) is 14.8. The van der Waals surface area contributed by atoms with Gasteiger partial charge >= 0.3 is 6.09 Å². The van der Waals surface area contributed by atoms with Crippen LogP contribution in [0.15, 0.2) is 12.1 Å². The molecule has 23 heavy (non-hydrogen) atoms. The van der Waals surface area contributed by atoms with Gasteiger partial charge in [-0.1, -0.05) is 13.8 Å². The standard InChI is InChI=1S/C18H32N2O2S/c1-8-18(9-2,20-16(21)22-17(5,6)7)12-19-14(4)15-11-10-13(3)23-15/h10-11,14,19H,8-9,12H2,1-7H3,(H,20,21). The van der Waals surface area contributed by atoms with Crippen molar-refractivity contribution in [2.45, 2.75) is 78.5 Å². The SMILES string of the molecule is CCC(CC)(CNC(C)c1ccc(C)s1)NC(=O)OC(C)(C)C. The molecule has 0 fully saturated rings. The molecule has 1 heterocycles. The summed E-state index contributed by atoms with van der Waals surface area (Å²) < 4.78 is 5.42. The van der Waals surface area contributed by atoms with Crippen LogP contribution in [-0.4, -0.2) is 23.8 Å².